The summed E-state index contributed by atoms with van der Waals surface area (Å²) in [5, 5.41) is 0. The molecule has 0 spiro atoms. The Balaban J connectivity index is 1.71. The van der Waals surface area contributed by atoms with Gasteiger partial charge in [-0.3, -0.25) is 0 Å². The van der Waals surface area contributed by atoms with Gasteiger partial charge in [-0.25, -0.2) is 13.1 Å². The standard InChI is InChI=1S/C18H21NO5S/c1-22-15-7-8-18(17(10-15)23-2)25(20,21)19-11-16-9-13-5-3-4-6-14(13)12-24-16/h3-8,10,16,19H,9,11-12H2,1-2H3. The van der Waals surface area contributed by atoms with Crippen LogP contribution in [0.25, 0.3) is 0 Å². The highest BCUT2D eigenvalue weighted by atomic mass is 32.2. The second-order valence-corrected chi connectivity index (χ2v) is 7.51. The van der Waals surface area contributed by atoms with Crippen molar-refractivity contribution in [2.45, 2.75) is 24.0 Å². The summed E-state index contributed by atoms with van der Waals surface area (Å²) in [6, 6.07) is 12.6. The van der Waals surface area contributed by atoms with E-state index in [1.165, 1.54) is 25.8 Å². The number of hydrogen-bond donors (Lipinski definition) is 1. The fourth-order valence-corrected chi connectivity index (χ4v) is 4.03. The molecule has 0 radical (unpaired) electrons. The first-order valence-corrected chi connectivity index (χ1v) is 9.42. The molecule has 0 fully saturated rings. The van der Waals surface area contributed by atoms with Gasteiger partial charge in [0.1, 0.15) is 16.4 Å². The lowest BCUT2D eigenvalue weighted by molar-refractivity contribution is 0.0322. The Hall–Kier alpha value is -2.09. The molecule has 0 amide bonds. The first-order valence-electron chi connectivity index (χ1n) is 7.93. The number of fused-ring (bicyclic) bond motifs is 1. The second kappa shape index (κ2) is 7.43. The molecule has 1 aliphatic rings. The van der Waals surface area contributed by atoms with Crippen molar-refractivity contribution in [2.24, 2.45) is 0 Å². The lowest BCUT2D eigenvalue weighted by atomic mass is 9.99. The first-order chi connectivity index (χ1) is 12.0. The smallest absolute Gasteiger partial charge is 0.244 e. The Labute approximate surface area is 147 Å². The molecule has 7 heteroatoms. The summed E-state index contributed by atoms with van der Waals surface area (Å²) in [5.74, 6) is 0.768. The third-order valence-electron chi connectivity index (χ3n) is 4.20. The fourth-order valence-electron chi connectivity index (χ4n) is 2.82. The number of hydrogen-bond acceptors (Lipinski definition) is 5. The van der Waals surface area contributed by atoms with Crippen molar-refractivity contribution >= 4 is 10.0 Å². The van der Waals surface area contributed by atoms with E-state index in [0.29, 0.717) is 18.8 Å². The molecule has 1 aliphatic heterocycles. The van der Waals surface area contributed by atoms with E-state index >= 15 is 0 Å². The molecule has 25 heavy (non-hydrogen) atoms. The van der Waals surface area contributed by atoms with Gasteiger partial charge in [-0.05, 0) is 23.3 Å². The molecule has 1 atom stereocenters. The maximum absolute atomic E-state index is 12.6. The molecule has 134 valence electrons. The Morgan fingerprint density at radius 1 is 1.12 bits per heavy atom. The second-order valence-electron chi connectivity index (χ2n) is 5.77. The van der Waals surface area contributed by atoms with Crippen LogP contribution in [0.4, 0.5) is 0 Å². The Morgan fingerprint density at radius 2 is 1.88 bits per heavy atom. The van der Waals surface area contributed by atoms with Crippen LogP contribution in [-0.4, -0.2) is 35.3 Å². The number of rotatable bonds is 6. The molecule has 0 saturated heterocycles. The van der Waals surface area contributed by atoms with Gasteiger partial charge in [0.25, 0.3) is 0 Å². The monoisotopic (exact) mass is 363 g/mol. The summed E-state index contributed by atoms with van der Waals surface area (Å²) in [6.45, 7) is 0.695. The summed E-state index contributed by atoms with van der Waals surface area (Å²) in [5.41, 5.74) is 2.35. The Morgan fingerprint density at radius 3 is 2.60 bits per heavy atom. The number of sulfonamides is 1. The predicted octanol–water partition coefficient (Wildman–Crippen LogP) is 2.12. The topological polar surface area (TPSA) is 73.9 Å². The molecular weight excluding hydrogens is 342 g/mol. The van der Waals surface area contributed by atoms with E-state index in [1.54, 1.807) is 12.1 Å². The van der Waals surface area contributed by atoms with Crippen molar-refractivity contribution in [3.05, 3.63) is 53.6 Å². The molecule has 0 saturated carbocycles. The molecule has 0 bridgehead atoms. The average Bonchev–Trinajstić information content (AvgIpc) is 2.65. The SMILES string of the molecule is COc1ccc(S(=O)(=O)NCC2Cc3ccccc3CO2)c(OC)c1. The van der Waals surface area contributed by atoms with Gasteiger partial charge in [-0.1, -0.05) is 24.3 Å². The van der Waals surface area contributed by atoms with E-state index in [-0.39, 0.29) is 23.3 Å². The van der Waals surface area contributed by atoms with Gasteiger partial charge in [0.2, 0.25) is 10.0 Å². The molecule has 2 aromatic carbocycles. The number of ether oxygens (including phenoxy) is 3. The molecule has 2 aromatic rings. The van der Waals surface area contributed by atoms with Gasteiger partial charge in [0, 0.05) is 19.0 Å². The van der Waals surface area contributed by atoms with Gasteiger partial charge < -0.3 is 14.2 Å². The van der Waals surface area contributed by atoms with Crippen molar-refractivity contribution in [1.29, 1.82) is 0 Å². The molecule has 0 aliphatic carbocycles. The van der Waals surface area contributed by atoms with Crippen molar-refractivity contribution < 1.29 is 22.6 Å². The van der Waals surface area contributed by atoms with Gasteiger partial charge in [-0.2, -0.15) is 0 Å². The van der Waals surface area contributed by atoms with Gasteiger partial charge in [0.05, 0.1) is 26.9 Å². The summed E-state index contributed by atoms with van der Waals surface area (Å²) >= 11 is 0. The van der Waals surface area contributed by atoms with E-state index in [9.17, 15) is 8.42 Å². The molecule has 1 heterocycles. The van der Waals surface area contributed by atoms with Crippen LogP contribution in [0.5, 0.6) is 11.5 Å². The van der Waals surface area contributed by atoms with Gasteiger partial charge in [-0.15, -0.1) is 0 Å². The van der Waals surface area contributed by atoms with Gasteiger partial charge in [0.15, 0.2) is 0 Å². The molecule has 0 aromatic heterocycles. The van der Waals surface area contributed by atoms with E-state index < -0.39 is 10.0 Å². The van der Waals surface area contributed by atoms with Crippen LogP contribution in [0.3, 0.4) is 0 Å². The molecule has 1 N–H and O–H groups in total. The van der Waals surface area contributed by atoms with E-state index in [4.69, 9.17) is 14.2 Å². The lowest BCUT2D eigenvalue weighted by Gasteiger charge is -2.25. The van der Waals surface area contributed by atoms with E-state index in [2.05, 4.69) is 4.72 Å². The van der Waals surface area contributed by atoms with Crippen LogP contribution in [0.15, 0.2) is 47.4 Å². The van der Waals surface area contributed by atoms with Crippen LogP contribution in [0.1, 0.15) is 11.1 Å². The largest absolute Gasteiger partial charge is 0.497 e. The maximum Gasteiger partial charge on any atom is 0.244 e. The Bertz CT molecular complexity index is 850. The number of benzene rings is 2. The van der Waals surface area contributed by atoms with E-state index in [1.807, 2.05) is 24.3 Å². The minimum absolute atomic E-state index is 0.0759. The summed E-state index contributed by atoms with van der Waals surface area (Å²) in [7, 11) is -0.776. The first kappa shape index (κ1) is 17.7. The third kappa shape index (κ3) is 3.95. The van der Waals surface area contributed by atoms with Crippen LogP contribution >= 0.6 is 0 Å². The Kier molecular flexibility index (Phi) is 5.27. The third-order valence-corrected chi connectivity index (χ3v) is 5.66. The highest BCUT2D eigenvalue weighted by Gasteiger charge is 2.24. The van der Waals surface area contributed by atoms with Crippen molar-refractivity contribution in [3.8, 4) is 11.5 Å². The van der Waals surface area contributed by atoms with Gasteiger partial charge >= 0.3 is 0 Å². The summed E-state index contributed by atoms with van der Waals surface area (Å²) in [4.78, 5) is 0.0759. The normalized spacial score (nSPS) is 17.0. The zero-order valence-electron chi connectivity index (χ0n) is 14.2. The van der Waals surface area contributed by atoms with Crippen molar-refractivity contribution in [1.82, 2.24) is 4.72 Å². The van der Waals surface area contributed by atoms with Crippen LogP contribution in [-0.2, 0) is 27.8 Å². The molecule has 1 unspecified atom stereocenters. The molecular formula is C18H21NO5S. The highest BCUT2D eigenvalue weighted by Crippen LogP contribution is 2.28. The quantitative estimate of drug-likeness (QED) is 0.851. The molecule has 6 nitrogen and oxygen atoms in total. The molecule has 3 rings (SSSR count). The zero-order valence-corrected chi connectivity index (χ0v) is 15.0. The summed E-state index contributed by atoms with van der Waals surface area (Å²) < 4.78 is 43.9. The highest BCUT2D eigenvalue weighted by molar-refractivity contribution is 7.89. The number of methoxy groups -OCH3 is 2. The lowest BCUT2D eigenvalue weighted by Crippen LogP contribution is -2.36. The van der Waals surface area contributed by atoms with Crippen LogP contribution in [0, 0.1) is 0 Å². The fraction of sp³-hybridized carbons (Fsp3) is 0.333. The predicted molar refractivity (Wildman–Crippen MR) is 93.5 cm³/mol. The number of nitrogens with one attached hydrogen (secondary N) is 1. The van der Waals surface area contributed by atoms with Crippen LogP contribution < -0.4 is 14.2 Å². The summed E-state index contributed by atoms with van der Waals surface area (Å²) in [6.07, 6.45) is 0.479. The maximum atomic E-state index is 12.6. The van der Waals surface area contributed by atoms with E-state index in [0.717, 1.165) is 5.56 Å². The van der Waals surface area contributed by atoms with Crippen molar-refractivity contribution in [2.75, 3.05) is 20.8 Å². The zero-order chi connectivity index (χ0) is 17.9. The minimum Gasteiger partial charge on any atom is -0.497 e. The minimum atomic E-state index is -3.72. The van der Waals surface area contributed by atoms with Crippen LogP contribution in [0.2, 0.25) is 0 Å². The average molecular weight is 363 g/mol. The van der Waals surface area contributed by atoms with Crippen molar-refractivity contribution in [3.63, 3.8) is 0 Å².